The Balaban J connectivity index is 2.54. The Bertz CT molecular complexity index is 608. The average Bonchev–Trinajstić information content (AvgIpc) is 2.26. The van der Waals surface area contributed by atoms with E-state index < -0.39 is 6.09 Å². The van der Waals surface area contributed by atoms with Crippen LogP contribution in [0.2, 0.25) is 0 Å². The summed E-state index contributed by atoms with van der Waals surface area (Å²) in [5, 5.41) is 20.0. The first-order valence-electron chi connectivity index (χ1n) is 4.95. The lowest BCUT2D eigenvalue weighted by molar-refractivity contribution is 0.200. The van der Waals surface area contributed by atoms with E-state index in [9.17, 15) is 4.79 Å². The smallest absolute Gasteiger partial charge is 0.410 e. The number of amides is 1. The van der Waals surface area contributed by atoms with E-state index in [-0.39, 0.29) is 5.84 Å². The van der Waals surface area contributed by atoms with Gasteiger partial charge in [0.15, 0.2) is 0 Å². The summed E-state index contributed by atoms with van der Waals surface area (Å²) in [5.41, 5.74) is 6.83. The zero-order valence-electron chi connectivity index (χ0n) is 8.90. The fraction of sp³-hybridized carbons (Fsp3) is 0. The Hall–Kier alpha value is -2.56. The van der Waals surface area contributed by atoms with E-state index in [2.05, 4.69) is 0 Å². The molecule has 5 heteroatoms. The molecule has 2 aromatic rings. The minimum Gasteiger partial charge on any atom is -0.465 e. The van der Waals surface area contributed by atoms with Gasteiger partial charge >= 0.3 is 6.09 Å². The number of anilines is 1. The zero-order chi connectivity index (χ0) is 12.4. The van der Waals surface area contributed by atoms with Crippen molar-refractivity contribution in [3.05, 3.63) is 42.0 Å². The number of nitrogen functional groups attached to an aromatic ring is 1. The van der Waals surface area contributed by atoms with E-state index in [4.69, 9.17) is 16.2 Å². The van der Waals surface area contributed by atoms with Crippen molar-refractivity contribution in [1.29, 1.82) is 5.41 Å². The van der Waals surface area contributed by atoms with Gasteiger partial charge in [0.2, 0.25) is 0 Å². The topological polar surface area (TPSA) is 99.2 Å². The highest BCUT2D eigenvalue weighted by Gasteiger charge is 2.08. The van der Waals surface area contributed by atoms with Gasteiger partial charge in [-0.15, -0.1) is 0 Å². The molecule has 0 aliphatic carbocycles. The summed E-state index contributed by atoms with van der Waals surface area (Å²) in [7, 11) is 0. The van der Waals surface area contributed by atoms with Gasteiger partial charge in [0.05, 0.1) is 0 Å². The van der Waals surface area contributed by atoms with Crippen LogP contribution in [0.25, 0.3) is 10.8 Å². The van der Waals surface area contributed by atoms with E-state index in [1.807, 2.05) is 11.4 Å². The van der Waals surface area contributed by atoms with Crippen molar-refractivity contribution in [2.45, 2.75) is 0 Å². The van der Waals surface area contributed by atoms with Crippen LogP contribution in [0.15, 0.2) is 36.4 Å². The Kier molecular flexibility index (Phi) is 2.66. The van der Waals surface area contributed by atoms with Gasteiger partial charge in [-0.1, -0.05) is 24.3 Å². The molecule has 0 unspecified atom stereocenters. The maximum Gasteiger partial charge on any atom is 0.410 e. The number of nitrogens with two attached hydrogens (primary N) is 1. The molecule has 0 saturated carbocycles. The molecule has 86 valence electrons. The van der Waals surface area contributed by atoms with Crippen molar-refractivity contribution in [3.63, 3.8) is 0 Å². The van der Waals surface area contributed by atoms with E-state index in [0.717, 1.165) is 10.8 Å². The minimum absolute atomic E-state index is 0.145. The predicted octanol–water partition coefficient (Wildman–Crippen LogP) is 2.01. The molecule has 5 nitrogen and oxygen atoms in total. The molecular weight excluding hydrogens is 218 g/mol. The van der Waals surface area contributed by atoms with Crippen LogP contribution >= 0.6 is 0 Å². The van der Waals surface area contributed by atoms with Crippen LogP contribution < -0.4 is 11.1 Å². The van der Waals surface area contributed by atoms with Crippen molar-refractivity contribution in [3.8, 4) is 0 Å². The standard InChI is InChI=1S/C12H11N3O2/c13-8-4-5-9-7(6-8)2-1-3-10(9)11(14)15-12(16)17/h1-6H,13H2,(H2,14,15)(H,16,17). The Morgan fingerprint density at radius 1 is 1.29 bits per heavy atom. The molecule has 0 aliphatic heterocycles. The second-order valence-electron chi connectivity index (χ2n) is 3.59. The van der Waals surface area contributed by atoms with Gasteiger partial charge in [0.25, 0.3) is 0 Å². The molecule has 1 amide bonds. The Labute approximate surface area is 97.4 Å². The third kappa shape index (κ3) is 2.17. The molecule has 0 spiro atoms. The van der Waals surface area contributed by atoms with Crippen LogP contribution in [0.1, 0.15) is 5.56 Å². The van der Waals surface area contributed by atoms with Gasteiger partial charge in [-0.05, 0) is 22.9 Å². The summed E-state index contributed by atoms with van der Waals surface area (Å²) >= 11 is 0. The highest BCUT2D eigenvalue weighted by atomic mass is 16.4. The summed E-state index contributed by atoms with van der Waals surface area (Å²) in [6.07, 6.45) is -1.25. The summed E-state index contributed by atoms with van der Waals surface area (Å²) < 4.78 is 0. The normalized spacial score (nSPS) is 10.1. The number of hydrogen-bond acceptors (Lipinski definition) is 3. The number of benzene rings is 2. The summed E-state index contributed by atoms with van der Waals surface area (Å²) in [6, 6.07) is 10.6. The van der Waals surface area contributed by atoms with Crippen LogP contribution in [0.5, 0.6) is 0 Å². The zero-order valence-corrected chi connectivity index (χ0v) is 8.90. The van der Waals surface area contributed by atoms with Crippen molar-refractivity contribution in [1.82, 2.24) is 5.32 Å². The summed E-state index contributed by atoms with van der Waals surface area (Å²) in [5.74, 6) is -0.145. The van der Waals surface area contributed by atoms with Gasteiger partial charge in [-0.3, -0.25) is 10.7 Å². The number of nitrogens with one attached hydrogen (secondary N) is 2. The Morgan fingerprint density at radius 3 is 2.76 bits per heavy atom. The van der Waals surface area contributed by atoms with Crippen molar-refractivity contribution in [2.75, 3.05) is 5.73 Å². The van der Waals surface area contributed by atoms with E-state index in [1.54, 1.807) is 30.3 Å². The van der Waals surface area contributed by atoms with Gasteiger partial charge in [0.1, 0.15) is 5.84 Å². The van der Waals surface area contributed by atoms with Crippen molar-refractivity contribution < 1.29 is 9.90 Å². The number of rotatable bonds is 1. The van der Waals surface area contributed by atoms with Crippen LogP contribution in [-0.4, -0.2) is 17.0 Å². The lowest BCUT2D eigenvalue weighted by Gasteiger charge is -2.08. The number of fused-ring (bicyclic) bond motifs is 1. The molecule has 2 rings (SSSR count). The molecule has 2 aromatic carbocycles. The maximum atomic E-state index is 10.5. The minimum atomic E-state index is -1.25. The Morgan fingerprint density at radius 2 is 2.06 bits per heavy atom. The van der Waals surface area contributed by atoms with Crippen molar-refractivity contribution >= 4 is 28.4 Å². The van der Waals surface area contributed by atoms with E-state index >= 15 is 0 Å². The lowest BCUT2D eigenvalue weighted by atomic mass is 10.0. The highest BCUT2D eigenvalue weighted by Crippen LogP contribution is 2.21. The molecule has 17 heavy (non-hydrogen) atoms. The third-order valence-corrected chi connectivity index (χ3v) is 2.41. The average molecular weight is 229 g/mol. The quantitative estimate of drug-likeness (QED) is 0.342. The summed E-state index contributed by atoms with van der Waals surface area (Å²) in [6.45, 7) is 0. The van der Waals surface area contributed by atoms with Gasteiger partial charge in [-0.25, -0.2) is 4.79 Å². The molecule has 0 aliphatic rings. The van der Waals surface area contributed by atoms with Crippen LogP contribution in [0.3, 0.4) is 0 Å². The molecule has 0 atom stereocenters. The van der Waals surface area contributed by atoms with Gasteiger partial charge in [0, 0.05) is 11.3 Å². The van der Waals surface area contributed by atoms with Gasteiger partial charge < -0.3 is 10.8 Å². The van der Waals surface area contributed by atoms with Crippen LogP contribution in [0.4, 0.5) is 10.5 Å². The second kappa shape index (κ2) is 4.13. The van der Waals surface area contributed by atoms with Gasteiger partial charge in [-0.2, -0.15) is 0 Å². The lowest BCUT2D eigenvalue weighted by Crippen LogP contribution is -2.28. The predicted molar refractivity (Wildman–Crippen MR) is 66.3 cm³/mol. The molecule has 0 saturated heterocycles. The number of carboxylic acid groups (broad SMARTS) is 1. The molecule has 0 aromatic heterocycles. The number of amidine groups is 1. The van der Waals surface area contributed by atoms with E-state index in [0.29, 0.717) is 11.3 Å². The maximum absolute atomic E-state index is 10.5. The highest BCUT2D eigenvalue weighted by molar-refractivity contribution is 6.12. The monoisotopic (exact) mass is 229 g/mol. The molecule has 0 fully saturated rings. The SMILES string of the molecule is N=C(NC(=O)O)c1cccc2cc(N)ccc12. The fourth-order valence-corrected chi connectivity index (χ4v) is 1.69. The fourth-order valence-electron chi connectivity index (χ4n) is 1.69. The van der Waals surface area contributed by atoms with Crippen LogP contribution in [0, 0.1) is 5.41 Å². The molecule has 0 heterocycles. The number of hydrogen-bond donors (Lipinski definition) is 4. The molecular formula is C12H11N3O2. The third-order valence-electron chi connectivity index (χ3n) is 2.41. The summed E-state index contributed by atoms with van der Waals surface area (Å²) in [4.78, 5) is 10.5. The number of carbonyl (C=O) groups is 1. The first-order chi connectivity index (χ1) is 8.08. The largest absolute Gasteiger partial charge is 0.465 e. The molecule has 0 radical (unpaired) electrons. The molecule has 5 N–H and O–H groups in total. The second-order valence-corrected chi connectivity index (χ2v) is 3.59. The molecule has 0 bridgehead atoms. The van der Waals surface area contributed by atoms with E-state index in [1.165, 1.54) is 0 Å². The van der Waals surface area contributed by atoms with Crippen molar-refractivity contribution in [2.24, 2.45) is 0 Å². The first-order valence-corrected chi connectivity index (χ1v) is 4.95. The first kappa shape index (κ1) is 10.9. The van der Waals surface area contributed by atoms with Crippen LogP contribution in [-0.2, 0) is 0 Å².